The van der Waals surface area contributed by atoms with E-state index < -0.39 is 0 Å². The molecule has 0 spiro atoms. The quantitative estimate of drug-likeness (QED) is 0.773. The van der Waals surface area contributed by atoms with Crippen molar-refractivity contribution in [2.75, 3.05) is 13.1 Å². The van der Waals surface area contributed by atoms with Crippen LogP contribution in [0.4, 0.5) is 9.18 Å². The predicted octanol–water partition coefficient (Wildman–Crippen LogP) is 3.56. The molecular weight excluding hydrogens is 267 g/mol. The molecule has 1 aliphatic rings. The molecule has 3 nitrogen and oxygen atoms in total. The van der Waals surface area contributed by atoms with E-state index in [1.165, 1.54) is 30.9 Å². The number of hydrogen-bond donors (Lipinski definition) is 2. The normalized spacial score (nSPS) is 14.4. The Bertz CT molecular complexity index is 499. The van der Waals surface area contributed by atoms with E-state index in [0.29, 0.717) is 25.1 Å². The highest BCUT2D eigenvalue weighted by Crippen LogP contribution is 2.19. The first kappa shape index (κ1) is 15.5. The van der Waals surface area contributed by atoms with Gasteiger partial charge in [0.2, 0.25) is 0 Å². The molecule has 0 fully saturated rings. The lowest BCUT2D eigenvalue weighted by Crippen LogP contribution is -2.37. The molecule has 0 aliphatic heterocycles. The van der Waals surface area contributed by atoms with E-state index in [-0.39, 0.29) is 11.8 Å². The molecule has 0 saturated carbocycles. The number of rotatable bonds is 6. The lowest BCUT2D eigenvalue weighted by Gasteiger charge is -2.13. The second-order valence-corrected chi connectivity index (χ2v) is 5.38. The van der Waals surface area contributed by atoms with Crippen LogP contribution in [0.15, 0.2) is 35.9 Å². The Morgan fingerprint density at radius 3 is 2.57 bits per heavy atom. The van der Waals surface area contributed by atoms with Gasteiger partial charge in [-0.25, -0.2) is 9.18 Å². The first-order valence-corrected chi connectivity index (χ1v) is 7.69. The number of benzene rings is 1. The maximum atomic E-state index is 13.4. The van der Waals surface area contributed by atoms with Crippen molar-refractivity contribution in [2.24, 2.45) is 0 Å². The van der Waals surface area contributed by atoms with Gasteiger partial charge in [0, 0.05) is 13.1 Å². The second-order valence-electron chi connectivity index (χ2n) is 5.38. The molecule has 1 aliphatic carbocycles. The van der Waals surface area contributed by atoms with Crippen molar-refractivity contribution < 1.29 is 9.18 Å². The molecule has 4 heteroatoms. The van der Waals surface area contributed by atoms with Crippen LogP contribution in [-0.4, -0.2) is 19.1 Å². The molecule has 0 atom stereocenters. The number of amides is 2. The van der Waals surface area contributed by atoms with Gasteiger partial charge < -0.3 is 10.6 Å². The van der Waals surface area contributed by atoms with Crippen LogP contribution in [0.3, 0.4) is 0 Å². The zero-order valence-electron chi connectivity index (χ0n) is 12.3. The van der Waals surface area contributed by atoms with Gasteiger partial charge in [0.1, 0.15) is 5.82 Å². The number of carbonyl (C=O) groups is 1. The summed E-state index contributed by atoms with van der Waals surface area (Å²) in [5.74, 6) is -0.219. The number of nitrogens with one attached hydrogen (secondary N) is 2. The first-order valence-electron chi connectivity index (χ1n) is 7.69. The van der Waals surface area contributed by atoms with Crippen LogP contribution >= 0.6 is 0 Å². The number of urea groups is 1. The van der Waals surface area contributed by atoms with Gasteiger partial charge in [-0.05, 0) is 50.2 Å². The molecule has 2 rings (SSSR count). The highest BCUT2D eigenvalue weighted by molar-refractivity contribution is 5.73. The Morgan fingerprint density at radius 1 is 1.10 bits per heavy atom. The van der Waals surface area contributed by atoms with E-state index in [9.17, 15) is 9.18 Å². The van der Waals surface area contributed by atoms with Crippen molar-refractivity contribution in [3.63, 3.8) is 0 Å². The third-order valence-corrected chi connectivity index (χ3v) is 3.75. The zero-order valence-corrected chi connectivity index (χ0v) is 12.3. The fourth-order valence-electron chi connectivity index (χ4n) is 2.54. The Kier molecular flexibility index (Phi) is 6.25. The third-order valence-electron chi connectivity index (χ3n) is 3.75. The van der Waals surface area contributed by atoms with Gasteiger partial charge in [-0.15, -0.1) is 0 Å². The van der Waals surface area contributed by atoms with Crippen LogP contribution in [0.2, 0.25) is 0 Å². The maximum absolute atomic E-state index is 13.4. The summed E-state index contributed by atoms with van der Waals surface area (Å²) in [7, 11) is 0. The first-order chi connectivity index (χ1) is 10.3. The van der Waals surface area contributed by atoms with Gasteiger partial charge in [-0.3, -0.25) is 0 Å². The average Bonchev–Trinajstić information content (AvgIpc) is 2.50. The minimum absolute atomic E-state index is 0.178. The fourth-order valence-corrected chi connectivity index (χ4v) is 2.54. The Balaban J connectivity index is 1.59. The van der Waals surface area contributed by atoms with Crippen molar-refractivity contribution in [1.29, 1.82) is 0 Å². The number of carbonyl (C=O) groups excluding carboxylic acids is 1. The average molecular weight is 290 g/mol. The molecule has 1 aromatic rings. The molecule has 0 saturated heterocycles. The van der Waals surface area contributed by atoms with E-state index in [4.69, 9.17) is 0 Å². The van der Waals surface area contributed by atoms with Crippen molar-refractivity contribution in [3.8, 4) is 0 Å². The van der Waals surface area contributed by atoms with Crippen LogP contribution in [0.25, 0.3) is 0 Å². The summed E-state index contributed by atoms with van der Waals surface area (Å²) in [4.78, 5) is 11.6. The van der Waals surface area contributed by atoms with Crippen LogP contribution < -0.4 is 10.6 Å². The molecule has 0 unspecified atom stereocenters. The van der Waals surface area contributed by atoms with Gasteiger partial charge in [0.25, 0.3) is 0 Å². The number of halogens is 1. The van der Waals surface area contributed by atoms with Gasteiger partial charge in [-0.1, -0.05) is 29.8 Å². The van der Waals surface area contributed by atoms with Crippen molar-refractivity contribution in [3.05, 3.63) is 47.3 Å². The summed E-state index contributed by atoms with van der Waals surface area (Å²) >= 11 is 0. The monoisotopic (exact) mass is 290 g/mol. The van der Waals surface area contributed by atoms with E-state index in [1.54, 1.807) is 18.2 Å². The second kappa shape index (κ2) is 8.45. The lowest BCUT2D eigenvalue weighted by atomic mass is 9.97. The van der Waals surface area contributed by atoms with Gasteiger partial charge in [-0.2, -0.15) is 0 Å². The fraction of sp³-hybridized carbons (Fsp3) is 0.471. The minimum Gasteiger partial charge on any atom is -0.338 e. The molecule has 1 aromatic carbocycles. The summed E-state index contributed by atoms with van der Waals surface area (Å²) < 4.78 is 13.4. The molecule has 2 amide bonds. The Hall–Kier alpha value is -1.84. The van der Waals surface area contributed by atoms with Gasteiger partial charge in [0.05, 0.1) is 0 Å². The number of hydrogen-bond acceptors (Lipinski definition) is 1. The SMILES string of the molecule is O=C(NCCC1=CCCCC1)NCCc1ccccc1F. The molecule has 21 heavy (non-hydrogen) atoms. The summed E-state index contributed by atoms with van der Waals surface area (Å²) in [6.07, 6.45) is 8.61. The molecule has 0 bridgehead atoms. The molecule has 114 valence electrons. The molecular formula is C17H23FN2O. The van der Waals surface area contributed by atoms with E-state index in [0.717, 1.165) is 12.8 Å². The Labute approximate surface area is 125 Å². The largest absolute Gasteiger partial charge is 0.338 e. The van der Waals surface area contributed by atoms with E-state index in [1.807, 2.05) is 0 Å². The minimum atomic E-state index is -0.219. The summed E-state index contributed by atoms with van der Waals surface area (Å²) in [5, 5.41) is 5.61. The van der Waals surface area contributed by atoms with Crippen LogP contribution in [0.1, 0.15) is 37.7 Å². The topological polar surface area (TPSA) is 41.1 Å². The van der Waals surface area contributed by atoms with Crippen molar-refractivity contribution in [1.82, 2.24) is 10.6 Å². The summed E-state index contributed by atoms with van der Waals surface area (Å²) in [5.41, 5.74) is 2.08. The van der Waals surface area contributed by atoms with Crippen LogP contribution in [0.5, 0.6) is 0 Å². The van der Waals surface area contributed by atoms with Crippen LogP contribution in [0, 0.1) is 5.82 Å². The van der Waals surface area contributed by atoms with Crippen molar-refractivity contribution in [2.45, 2.75) is 38.5 Å². The highest BCUT2D eigenvalue weighted by Gasteiger charge is 2.05. The smallest absolute Gasteiger partial charge is 0.314 e. The summed E-state index contributed by atoms with van der Waals surface area (Å²) in [6.45, 7) is 1.10. The highest BCUT2D eigenvalue weighted by atomic mass is 19.1. The van der Waals surface area contributed by atoms with E-state index in [2.05, 4.69) is 16.7 Å². The molecule has 0 aromatic heterocycles. The van der Waals surface area contributed by atoms with E-state index >= 15 is 0 Å². The predicted molar refractivity (Wildman–Crippen MR) is 82.7 cm³/mol. The van der Waals surface area contributed by atoms with Gasteiger partial charge in [0.15, 0.2) is 0 Å². The molecule has 0 heterocycles. The molecule has 0 radical (unpaired) electrons. The lowest BCUT2D eigenvalue weighted by molar-refractivity contribution is 0.241. The van der Waals surface area contributed by atoms with Crippen molar-refractivity contribution >= 4 is 6.03 Å². The standard InChI is InChI=1S/C17H23FN2O/c18-16-9-5-4-8-15(16)11-13-20-17(21)19-12-10-14-6-2-1-3-7-14/h4-6,8-9H,1-3,7,10-13H2,(H2,19,20,21). The Morgan fingerprint density at radius 2 is 1.86 bits per heavy atom. The summed E-state index contributed by atoms with van der Waals surface area (Å²) in [6, 6.07) is 6.47. The van der Waals surface area contributed by atoms with Crippen LogP contribution in [-0.2, 0) is 6.42 Å². The number of allylic oxidation sites excluding steroid dienone is 1. The zero-order chi connectivity index (χ0) is 14.9. The van der Waals surface area contributed by atoms with Gasteiger partial charge >= 0.3 is 6.03 Å². The third kappa shape index (κ3) is 5.58. The maximum Gasteiger partial charge on any atom is 0.314 e. The molecule has 2 N–H and O–H groups in total.